The Labute approximate surface area is 119 Å². The van der Waals surface area contributed by atoms with Crippen LogP contribution in [0.2, 0.25) is 0 Å². The first-order chi connectivity index (χ1) is 9.36. The van der Waals surface area contributed by atoms with Gasteiger partial charge in [0.25, 0.3) is 0 Å². The third-order valence-corrected chi connectivity index (χ3v) is 4.53. The summed E-state index contributed by atoms with van der Waals surface area (Å²) in [5.41, 5.74) is 0. The number of carbonyl (C=O) groups is 3. The summed E-state index contributed by atoms with van der Waals surface area (Å²) in [5.74, 6) is -0.499. The van der Waals surface area contributed by atoms with Gasteiger partial charge in [-0.1, -0.05) is 13.8 Å². The number of hydrogen-bond acceptors (Lipinski definition) is 4. The Bertz CT molecular complexity index is 404. The van der Waals surface area contributed by atoms with E-state index >= 15 is 0 Å². The molecule has 0 aromatic carbocycles. The zero-order chi connectivity index (χ0) is 14.9. The van der Waals surface area contributed by atoms with E-state index in [2.05, 4.69) is 12.2 Å². The van der Waals surface area contributed by atoms with Gasteiger partial charge in [-0.25, -0.2) is 0 Å². The molecule has 2 rings (SSSR count). The summed E-state index contributed by atoms with van der Waals surface area (Å²) in [6.07, 6.45) is 1.72. The molecule has 0 radical (unpaired) electrons. The molecule has 4 atom stereocenters. The number of Topliss-reactive ketones (excluding diaryl/α,β-unsaturated/α-hetero) is 1. The summed E-state index contributed by atoms with van der Waals surface area (Å²) in [6.45, 7) is 4.01. The molecule has 1 aliphatic carbocycles. The van der Waals surface area contributed by atoms with Gasteiger partial charge in [0.2, 0.25) is 11.8 Å². The van der Waals surface area contributed by atoms with E-state index in [4.69, 9.17) is 0 Å². The molecule has 2 amide bonds. The lowest BCUT2D eigenvalue weighted by Gasteiger charge is -2.34. The SMILES string of the molecule is C[C@@H]1C[C@H](C)C(=O)[C@@H]([C@H](O)CC2CC(=O)NC(=O)C2)C1. The fourth-order valence-corrected chi connectivity index (χ4v) is 3.60. The smallest absolute Gasteiger partial charge is 0.226 e. The van der Waals surface area contributed by atoms with E-state index in [0.717, 1.165) is 6.42 Å². The number of hydrogen-bond donors (Lipinski definition) is 2. The van der Waals surface area contributed by atoms with Crippen LogP contribution < -0.4 is 5.32 Å². The van der Waals surface area contributed by atoms with Crippen molar-refractivity contribution >= 4 is 17.6 Å². The molecule has 0 aromatic heterocycles. The zero-order valence-electron chi connectivity index (χ0n) is 12.1. The first kappa shape index (κ1) is 15.2. The quantitative estimate of drug-likeness (QED) is 0.757. The molecule has 1 saturated heterocycles. The molecule has 0 bridgehead atoms. The summed E-state index contributed by atoms with van der Waals surface area (Å²) in [6, 6.07) is 0. The average Bonchev–Trinajstić information content (AvgIpc) is 2.32. The Hall–Kier alpha value is -1.23. The third kappa shape index (κ3) is 3.45. The standard InChI is InChI=1S/C15H23NO4/c1-8-3-9(2)15(20)11(4-8)12(17)5-10-6-13(18)16-14(19)7-10/h8-12,17H,3-7H2,1-2H3,(H,16,18,19)/t8-,9+,11-,12-/m1/s1. The van der Waals surface area contributed by atoms with Gasteiger partial charge in [-0.05, 0) is 31.1 Å². The van der Waals surface area contributed by atoms with Crippen LogP contribution in [0.15, 0.2) is 0 Å². The number of ketones is 1. The largest absolute Gasteiger partial charge is 0.392 e. The Morgan fingerprint density at radius 1 is 1.15 bits per heavy atom. The molecule has 1 heterocycles. The van der Waals surface area contributed by atoms with Gasteiger partial charge < -0.3 is 5.11 Å². The van der Waals surface area contributed by atoms with Crippen molar-refractivity contribution in [1.29, 1.82) is 0 Å². The molecule has 5 heteroatoms. The van der Waals surface area contributed by atoms with E-state index in [1.54, 1.807) is 0 Å². The minimum absolute atomic E-state index is 0.00492. The van der Waals surface area contributed by atoms with Crippen LogP contribution in [0.4, 0.5) is 0 Å². The molecule has 2 N–H and O–H groups in total. The number of aliphatic hydroxyl groups excluding tert-OH is 1. The van der Waals surface area contributed by atoms with Crippen molar-refractivity contribution in [1.82, 2.24) is 5.32 Å². The van der Waals surface area contributed by atoms with Crippen molar-refractivity contribution in [2.24, 2.45) is 23.7 Å². The molecule has 20 heavy (non-hydrogen) atoms. The Kier molecular flexibility index (Phi) is 4.58. The summed E-state index contributed by atoms with van der Waals surface area (Å²) in [4.78, 5) is 34.8. The van der Waals surface area contributed by atoms with Crippen molar-refractivity contribution in [2.75, 3.05) is 0 Å². The molecule has 0 spiro atoms. The summed E-state index contributed by atoms with van der Waals surface area (Å²) < 4.78 is 0. The fraction of sp³-hybridized carbons (Fsp3) is 0.800. The average molecular weight is 281 g/mol. The second kappa shape index (κ2) is 6.04. The van der Waals surface area contributed by atoms with Gasteiger partial charge in [-0.3, -0.25) is 19.7 Å². The van der Waals surface area contributed by atoms with Crippen LogP contribution in [0.25, 0.3) is 0 Å². The molecule has 0 aromatic rings. The minimum Gasteiger partial charge on any atom is -0.392 e. The van der Waals surface area contributed by atoms with Crippen molar-refractivity contribution in [2.45, 2.75) is 52.1 Å². The highest BCUT2D eigenvalue weighted by atomic mass is 16.3. The molecule has 2 aliphatic rings. The van der Waals surface area contributed by atoms with Crippen LogP contribution in [0.3, 0.4) is 0 Å². The molecular weight excluding hydrogens is 258 g/mol. The normalized spacial score (nSPS) is 34.0. The van der Waals surface area contributed by atoms with Crippen molar-refractivity contribution < 1.29 is 19.5 Å². The molecule has 1 saturated carbocycles. The lowest BCUT2D eigenvalue weighted by Crippen LogP contribution is -2.42. The van der Waals surface area contributed by atoms with E-state index in [1.165, 1.54) is 0 Å². The van der Waals surface area contributed by atoms with Gasteiger partial charge in [0.05, 0.1) is 6.10 Å². The topological polar surface area (TPSA) is 83.5 Å². The van der Waals surface area contributed by atoms with E-state index < -0.39 is 6.10 Å². The number of aliphatic hydroxyl groups is 1. The second-order valence-electron chi connectivity index (χ2n) is 6.54. The lowest BCUT2D eigenvalue weighted by molar-refractivity contribution is -0.136. The predicted molar refractivity (Wildman–Crippen MR) is 72.6 cm³/mol. The van der Waals surface area contributed by atoms with Crippen molar-refractivity contribution in [3.63, 3.8) is 0 Å². The van der Waals surface area contributed by atoms with Crippen LogP contribution in [0.5, 0.6) is 0 Å². The molecule has 112 valence electrons. The maximum atomic E-state index is 12.2. The highest BCUT2D eigenvalue weighted by Gasteiger charge is 2.38. The van der Waals surface area contributed by atoms with Gasteiger partial charge in [0.1, 0.15) is 5.78 Å². The third-order valence-electron chi connectivity index (χ3n) is 4.53. The molecular formula is C15H23NO4. The van der Waals surface area contributed by atoms with E-state index in [9.17, 15) is 19.5 Å². The zero-order valence-corrected chi connectivity index (χ0v) is 12.1. The number of rotatable bonds is 3. The highest BCUT2D eigenvalue weighted by Crippen LogP contribution is 2.34. The maximum Gasteiger partial charge on any atom is 0.226 e. The van der Waals surface area contributed by atoms with Crippen LogP contribution in [0, 0.1) is 23.7 Å². The number of piperidine rings is 1. The van der Waals surface area contributed by atoms with Crippen LogP contribution >= 0.6 is 0 Å². The summed E-state index contributed by atoms with van der Waals surface area (Å²) in [5, 5.41) is 12.6. The van der Waals surface area contributed by atoms with Crippen molar-refractivity contribution in [3.05, 3.63) is 0 Å². The molecule has 1 aliphatic heterocycles. The van der Waals surface area contributed by atoms with Gasteiger partial charge >= 0.3 is 0 Å². The lowest BCUT2D eigenvalue weighted by atomic mass is 9.71. The first-order valence-electron chi connectivity index (χ1n) is 7.41. The van der Waals surface area contributed by atoms with E-state index in [-0.39, 0.29) is 48.2 Å². The summed E-state index contributed by atoms with van der Waals surface area (Å²) in [7, 11) is 0. The maximum absolute atomic E-state index is 12.2. The van der Waals surface area contributed by atoms with E-state index in [0.29, 0.717) is 18.8 Å². The van der Waals surface area contributed by atoms with Crippen LogP contribution in [0.1, 0.15) is 46.0 Å². The van der Waals surface area contributed by atoms with E-state index in [1.807, 2.05) is 6.92 Å². The number of carbonyl (C=O) groups excluding carboxylic acids is 3. The number of nitrogens with one attached hydrogen (secondary N) is 1. The predicted octanol–water partition coefficient (Wildman–Crippen LogP) is 1.04. The summed E-state index contributed by atoms with van der Waals surface area (Å²) >= 11 is 0. The fourth-order valence-electron chi connectivity index (χ4n) is 3.60. The molecule has 5 nitrogen and oxygen atoms in total. The Morgan fingerprint density at radius 2 is 1.75 bits per heavy atom. The number of amides is 2. The Morgan fingerprint density at radius 3 is 2.35 bits per heavy atom. The first-order valence-corrected chi connectivity index (χ1v) is 7.41. The Balaban J connectivity index is 1.96. The van der Waals surface area contributed by atoms with Crippen LogP contribution in [-0.2, 0) is 14.4 Å². The van der Waals surface area contributed by atoms with Gasteiger partial charge in [0.15, 0.2) is 0 Å². The number of imide groups is 1. The highest BCUT2D eigenvalue weighted by molar-refractivity contribution is 5.97. The van der Waals surface area contributed by atoms with Crippen LogP contribution in [-0.4, -0.2) is 28.8 Å². The second-order valence-corrected chi connectivity index (χ2v) is 6.54. The van der Waals surface area contributed by atoms with Gasteiger partial charge in [-0.15, -0.1) is 0 Å². The van der Waals surface area contributed by atoms with Crippen molar-refractivity contribution in [3.8, 4) is 0 Å². The van der Waals surface area contributed by atoms with Gasteiger partial charge in [0, 0.05) is 24.7 Å². The molecule has 2 fully saturated rings. The monoisotopic (exact) mass is 281 g/mol. The minimum atomic E-state index is -0.739. The van der Waals surface area contributed by atoms with Gasteiger partial charge in [-0.2, -0.15) is 0 Å². The molecule has 0 unspecified atom stereocenters.